The fourth-order valence-electron chi connectivity index (χ4n) is 2.36. The van der Waals surface area contributed by atoms with E-state index in [-0.39, 0.29) is 5.91 Å². The number of hydrogen-bond acceptors (Lipinski definition) is 5. The van der Waals surface area contributed by atoms with Gasteiger partial charge in [-0.05, 0) is 32.6 Å². The summed E-state index contributed by atoms with van der Waals surface area (Å²) in [6.45, 7) is 1.79. The quantitative estimate of drug-likeness (QED) is 0.940. The number of carbonyl (C=O) groups is 1. The molecule has 106 valence electrons. The molecule has 2 aromatic rings. The third kappa shape index (κ3) is 3.07. The molecule has 0 atom stereocenters. The largest absolute Gasteiger partial charge is 0.360 e. The highest BCUT2D eigenvalue weighted by Gasteiger charge is 2.15. The van der Waals surface area contributed by atoms with Crippen LogP contribution in [0.4, 0.5) is 5.82 Å². The lowest BCUT2D eigenvalue weighted by atomic mass is 10.0. The Bertz CT molecular complexity index is 594. The third-order valence-corrected chi connectivity index (χ3v) is 4.57. The molecule has 0 saturated carbocycles. The molecule has 2 heterocycles. The molecular weight excluding hydrogens is 274 g/mol. The first kappa shape index (κ1) is 13.3. The maximum atomic E-state index is 11.8. The summed E-state index contributed by atoms with van der Waals surface area (Å²) in [5, 5.41) is 7.54. The predicted molar refractivity (Wildman–Crippen MR) is 76.9 cm³/mol. The highest BCUT2D eigenvalue weighted by atomic mass is 32.1. The zero-order valence-electron chi connectivity index (χ0n) is 11.4. The summed E-state index contributed by atoms with van der Waals surface area (Å²) < 4.78 is 4.91. The second kappa shape index (κ2) is 5.75. The van der Waals surface area contributed by atoms with Crippen LogP contribution in [-0.2, 0) is 24.1 Å². The molecule has 0 saturated heterocycles. The minimum atomic E-state index is -0.0496. The van der Waals surface area contributed by atoms with Crippen LogP contribution in [0.5, 0.6) is 0 Å². The first-order valence-electron chi connectivity index (χ1n) is 6.91. The van der Waals surface area contributed by atoms with Crippen molar-refractivity contribution in [2.24, 2.45) is 0 Å². The van der Waals surface area contributed by atoms with Gasteiger partial charge in [0.15, 0.2) is 5.82 Å². The van der Waals surface area contributed by atoms with Gasteiger partial charge in [0, 0.05) is 23.8 Å². The number of thiazole rings is 1. The summed E-state index contributed by atoms with van der Waals surface area (Å²) in [5.41, 5.74) is 1.25. The number of anilines is 1. The van der Waals surface area contributed by atoms with Crippen molar-refractivity contribution in [2.45, 2.75) is 45.4 Å². The first-order valence-corrected chi connectivity index (χ1v) is 7.73. The van der Waals surface area contributed by atoms with E-state index in [1.54, 1.807) is 24.3 Å². The molecule has 0 unspecified atom stereocenters. The highest BCUT2D eigenvalue weighted by Crippen LogP contribution is 2.27. The number of aromatic nitrogens is 2. The smallest absolute Gasteiger partial charge is 0.226 e. The van der Waals surface area contributed by atoms with Gasteiger partial charge in [-0.1, -0.05) is 5.16 Å². The van der Waals surface area contributed by atoms with E-state index in [1.807, 2.05) is 0 Å². The van der Waals surface area contributed by atoms with Crippen LogP contribution in [0.2, 0.25) is 0 Å². The van der Waals surface area contributed by atoms with Crippen molar-refractivity contribution in [1.82, 2.24) is 10.1 Å². The lowest BCUT2D eigenvalue weighted by molar-refractivity contribution is -0.116. The van der Waals surface area contributed by atoms with E-state index >= 15 is 0 Å². The molecule has 0 spiro atoms. The van der Waals surface area contributed by atoms with Crippen LogP contribution in [0.3, 0.4) is 0 Å². The van der Waals surface area contributed by atoms with Gasteiger partial charge in [-0.25, -0.2) is 4.98 Å². The molecular formula is C14H17N3O2S. The Morgan fingerprint density at radius 3 is 3.05 bits per heavy atom. The topological polar surface area (TPSA) is 68.0 Å². The lowest BCUT2D eigenvalue weighted by Crippen LogP contribution is -2.12. The number of carbonyl (C=O) groups excluding carboxylic acids is 1. The van der Waals surface area contributed by atoms with Gasteiger partial charge in [-0.3, -0.25) is 4.79 Å². The van der Waals surface area contributed by atoms with Crippen LogP contribution >= 0.6 is 11.3 Å². The molecule has 0 aliphatic heterocycles. The van der Waals surface area contributed by atoms with Crippen LogP contribution in [0.25, 0.3) is 0 Å². The van der Waals surface area contributed by atoms with Crippen LogP contribution < -0.4 is 5.32 Å². The van der Waals surface area contributed by atoms with E-state index in [0.29, 0.717) is 24.4 Å². The van der Waals surface area contributed by atoms with Crippen molar-refractivity contribution in [3.05, 3.63) is 27.4 Å². The van der Waals surface area contributed by atoms with E-state index < -0.39 is 0 Å². The Morgan fingerprint density at radius 2 is 2.30 bits per heavy atom. The number of nitrogens with zero attached hydrogens (tertiary/aromatic N) is 2. The number of fused-ring (bicyclic) bond motifs is 1. The van der Waals surface area contributed by atoms with Crippen LogP contribution in [0.15, 0.2) is 10.6 Å². The zero-order valence-corrected chi connectivity index (χ0v) is 12.3. The van der Waals surface area contributed by atoms with Crippen molar-refractivity contribution < 1.29 is 9.32 Å². The molecule has 3 rings (SSSR count). The maximum Gasteiger partial charge on any atom is 0.226 e. The van der Waals surface area contributed by atoms with E-state index in [9.17, 15) is 4.79 Å². The van der Waals surface area contributed by atoms with Gasteiger partial charge >= 0.3 is 0 Å². The van der Waals surface area contributed by atoms with Crippen molar-refractivity contribution in [1.29, 1.82) is 0 Å². The van der Waals surface area contributed by atoms with Crippen molar-refractivity contribution in [2.75, 3.05) is 5.32 Å². The Balaban J connectivity index is 1.53. The van der Waals surface area contributed by atoms with Gasteiger partial charge in [0.1, 0.15) is 5.76 Å². The van der Waals surface area contributed by atoms with E-state index in [4.69, 9.17) is 4.52 Å². The van der Waals surface area contributed by atoms with Crippen molar-refractivity contribution in [3.63, 3.8) is 0 Å². The molecule has 1 aliphatic rings. The molecule has 0 fully saturated rings. The molecule has 0 aromatic carbocycles. The first-order chi connectivity index (χ1) is 9.70. The monoisotopic (exact) mass is 291 g/mol. The van der Waals surface area contributed by atoms with Gasteiger partial charge < -0.3 is 9.84 Å². The SMILES string of the molecule is Cc1cc(NC(=O)CCc2nc3c(s2)CCCC3)no1. The summed E-state index contributed by atoms with van der Waals surface area (Å²) in [6, 6.07) is 1.71. The average molecular weight is 291 g/mol. The van der Waals surface area contributed by atoms with E-state index in [0.717, 1.165) is 17.8 Å². The highest BCUT2D eigenvalue weighted by molar-refractivity contribution is 7.11. The second-order valence-corrected chi connectivity index (χ2v) is 6.22. The lowest BCUT2D eigenvalue weighted by Gasteiger charge is -2.06. The minimum Gasteiger partial charge on any atom is -0.360 e. The van der Waals surface area contributed by atoms with Crippen LogP contribution in [-0.4, -0.2) is 16.0 Å². The molecule has 0 radical (unpaired) electrons. The number of aryl methyl sites for hydroxylation is 4. The van der Waals surface area contributed by atoms with Gasteiger partial charge in [-0.2, -0.15) is 0 Å². The molecule has 5 nitrogen and oxygen atoms in total. The van der Waals surface area contributed by atoms with Gasteiger partial charge in [0.25, 0.3) is 0 Å². The Kier molecular flexibility index (Phi) is 3.82. The fourth-order valence-corrected chi connectivity index (χ4v) is 3.52. The summed E-state index contributed by atoms with van der Waals surface area (Å²) >= 11 is 1.76. The standard InChI is InChI=1S/C14H17N3O2S/c1-9-8-12(17-19-9)16-13(18)6-7-14-15-10-4-2-3-5-11(10)20-14/h8H,2-7H2,1H3,(H,16,17,18). The van der Waals surface area contributed by atoms with Gasteiger partial charge in [-0.15, -0.1) is 11.3 Å². The fraction of sp³-hybridized carbons (Fsp3) is 0.500. The van der Waals surface area contributed by atoms with Gasteiger partial charge in [0.05, 0.1) is 10.7 Å². The average Bonchev–Trinajstić information content (AvgIpc) is 3.02. The van der Waals surface area contributed by atoms with E-state index in [1.165, 1.54) is 23.4 Å². The molecule has 1 aliphatic carbocycles. The van der Waals surface area contributed by atoms with Crippen molar-refractivity contribution >= 4 is 23.1 Å². The number of nitrogens with one attached hydrogen (secondary N) is 1. The third-order valence-electron chi connectivity index (χ3n) is 3.35. The molecule has 2 aromatic heterocycles. The maximum absolute atomic E-state index is 11.8. The second-order valence-electron chi connectivity index (χ2n) is 5.06. The number of hydrogen-bond donors (Lipinski definition) is 1. The summed E-state index contributed by atoms with van der Waals surface area (Å²) in [6.07, 6.45) is 5.87. The molecule has 1 amide bonds. The molecule has 6 heteroatoms. The van der Waals surface area contributed by atoms with E-state index in [2.05, 4.69) is 15.5 Å². The number of rotatable bonds is 4. The Hall–Kier alpha value is -1.69. The zero-order chi connectivity index (χ0) is 13.9. The molecule has 1 N–H and O–H groups in total. The predicted octanol–water partition coefficient (Wildman–Crippen LogP) is 2.89. The van der Waals surface area contributed by atoms with Crippen LogP contribution in [0.1, 0.15) is 40.6 Å². The summed E-state index contributed by atoms with van der Waals surface area (Å²) in [5.74, 6) is 1.12. The number of amides is 1. The molecule has 20 heavy (non-hydrogen) atoms. The van der Waals surface area contributed by atoms with Gasteiger partial charge in [0.2, 0.25) is 5.91 Å². The minimum absolute atomic E-state index is 0.0496. The normalized spacial score (nSPS) is 14.1. The molecule has 0 bridgehead atoms. The summed E-state index contributed by atoms with van der Waals surface area (Å²) in [7, 11) is 0. The van der Waals surface area contributed by atoms with Crippen LogP contribution in [0, 0.1) is 6.92 Å². The summed E-state index contributed by atoms with van der Waals surface area (Å²) in [4.78, 5) is 17.9. The Morgan fingerprint density at radius 1 is 1.45 bits per heavy atom. The Labute approximate surface area is 121 Å². The van der Waals surface area contributed by atoms with Crippen molar-refractivity contribution in [3.8, 4) is 0 Å².